The Bertz CT molecular complexity index is 567. The second-order valence-corrected chi connectivity index (χ2v) is 13.1. The molecule has 0 aliphatic carbocycles. The molecular formula is C22H39NO3Si. The van der Waals surface area contributed by atoms with Crippen molar-refractivity contribution >= 4 is 14.2 Å². The number of hydrogen-bond donors (Lipinski definition) is 1. The molecule has 0 radical (unpaired) electrons. The van der Waals surface area contributed by atoms with Crippen molar-refractivity contribution in [2.75, 3.05) is 7.11 Å². The van der Waals surface area contributed by atoms with Gasteiger partial charge in [0.2, 0.25) is 14.2 Å². The van der Waals surface area contributed by atoms with Crippen LogP contribution in [0.1, 0.15) is 64.4 Å². The third-order valence-electron chi connectivity index (χ3n) is 4.32. The third-order valence-corrected chi connectivity index (χ3v) is 5.15. The first-order valence-corrected chi connectivity index (χ1v) is 13.7. The Morgan fingerprint density at radius 1 is 1.04 bits per heavy atom. The van der Waals surface area contributed by atoms with Gasteiger partial charge in [-0.05, 0) is 49.7 Å². The van der Waals surface area contributed by atoms with Crippen LogP contribution in [0.4, 0.5) is 0 Å². The van der Waals surface area contributed by atoms with Crippen LogP contribution >= 0.6 is 0 Å². The molecule has 27 heavy (non-hydrogen) atoms. The number of hydrogen-bond acceptors (Lipinski definition) is 3. The van der Waals surface area contributed by atoms with E-state index in [4.69, 9.17) is 9.16 Å². The SMILES string of the molecule is COc1cc(CNC(=O)CCCCCCCC(C)C)ccc1O[Si](C)(C)C. The van der Waals surface area contributed by atoms with E-state index in [1.807, 2.05) is 18.2 Å². The van der Waals surface area contributed by atoms with E-state index < -0.39 is 8.32 Å². The van der Waals surface area contributed by atoms with Crippen molar-refractivity contribution in [1.29, 1.82) is 0 Å². The van der Waals surface area contributed by atoms with Gasteiger partial charge in [0.1, 0.15) is 5.75 Å². The quantitative estimate of drug-likeness (QED) is 0.335. The van der Waals surface area contributed by atoms with E-state index in [0.29, 0.717) is 13.0 Å². The summed E-state index contributed by atoms with van der Waals surface area (Å²) < 4.78 is 11.5. The second-order valence-electron chi connectivity index (χ2n) is 8.68. The molecule has 0 atom stereocenters. The minimum atomic E-state index is -1.68. The zero-order valence-electron chi connectivity index (χ0n) is 18.2. The first-order chi connectivity index (χ1) is 12.7. The minimum absolute atomic E-state index is 0.124. The van der Waals surface area contributed by atoms with Gasteiger partial charge >= 0.3 is 0 Å². The van der Waals surface area contributed by atoms with Gasteiger partial charge in [0, 0.05) is 13.0 Å². The summed E-state index contributed by atoms with van der Waals surface area (Å²) in [5.41, 5.74) is 1.02. The molecule has 0 unspecified atom stereocenters. The third kappa shape index (κ3) is 11.1. The van der Waals surface area contributed by atoms with Crippen LogP contribution in [0.15, 0.2) is 18.2 Å². The maximum Gasteiger partial charge on any atom is 0.242 e. The number of benzene rings is 1. The normalized spacial score (nSPS) is 11.5. The smallest absolute Gasteiger partial charge is 0.242 e. The van der Waals surface area contributed by atoms with Gasteiger partial charge in [-0.3, -0.25) is 4.79 Å². The molecule has 0 saturated carbocycles. The van der Waals surface area contributed by atoms with Crippen molar-refractivity contribution in [2.24, 2.45) is 5.92 Å². The summed E-state index contributed by atoms with van der Waals surface area (Å²) in [7, 11) is -0.0336. The Morgan fingerprint density at radius 3 is 2.33 bits per heavy atom. The summed E-state index contributed by atoms with van der Waals surface area (Å²) in [5, 5.41) is 3.01. The van der Waals surface area contributed by atoms with Gasteiger partial charge in [0.05, 0.1) is 7.11 Å². The lowest BCUT2D eigenvalue weighted by Gasteiger charge is -2.21. The topological polar surface area (TPSA) is 47.6 Å². The predicted octanol–water partition coefficient (Wildman–Crippen LogP) is 5.91. The first kappa shape index (κ1) is 23.5. The molecular weight excluding hydrogens is 354 g/mol. The lowest BCUT2D eigenvalue weighted by atomic mass is 10.0. The van der Waals surface area contributed by atoms with Crippen LogP contribution in [-0.4, -0.2) is 21.3 Å². The monoisotopic (exact) mass is 393 g/mol. The fourth-order valence-electron chi connectivity index (χ4n) is 2.89. The lowest BCUT2D eigenvalue weighted by molar-refractivity contribution is -0.121. The molecule has 0 fully saturated rings. The predicted molar refractivity (Wildman–Crippen MR) is 116 cm³/mol. The molecule has 1 amide bonds. The summed E-state index contributed by atoms with van der Waals surface area (Å²) in [6, 6.07) is 5.88. The average molecular weight is 394 g/mol. The van der Waals surface area contributed by atoms with Gasteiger partial charge < -0.3 is 14.5 Å². The van der Waals surface area contributed by atoms with Crippen molar-refractivity contribution in [3.8, 4) is 11.5 Å². The van der Waals surface area contributed by atoms with Crippen LogP contribution in [0.5, 0.6) is 11.5 Å². The van der Waals surface area contributed by atoms with Crippen LogP contribution in [0, 0.1) is 5.92 Å². The molecule has 1 aromatic carbocycles. The Labute approximate surface area is 167 Å². The molecule has 0 aliphatic rings. The highest BCUT2D eigenvalue weighted by molar-refractivity contribution is 6.70. The van der Waals surface area contributed by atoms with E-state index in [1.165, 1.54) is 25.7 Å². The van der Waals surface area contributed by atoms with Gasteiger partial charge in [-0.1, -0.05) is 52.0 Å². The Balaban J connectivity index is 2.31. The van der Waals surface area contributed by atoms with Gasteiger partial charge in [-0.15, -0.1) is 0 Å². The largest absolute Gasteiger partial charge is 0.542 e. The molecule has 5 heteroatoms. The number of ether oxygens (including phenoxy) is 1. The van der Waals surface area contributed by atoms with Gasteiger partial charge in [-0.2, -0.15) is 0 Å². The van der Waals surface area contributed by atoms with Crippen LogP contribution in [0.2, 0.25) is 19.6 Å². The number of carbonyl (C=O) groups is 1. The zero-order chi connectivity index (χ0) is 20.3. The molecule has 0 spiro atoms. The Morgan fingerprint density at radius 2 is 1.70 bits per heavy atom. The first-order valence-electron chi connectivity index (χ1n) is 10.3. The van der Waals surface area contributed by atoms with Crippen LogP contribution < -0.4 is 14.5 Å². The number of amides is 1. The number of unbranched alkanes of at least 4 members (excludes halogenated alkanes) is 4. The molecule has 4 nitrogen and oxygen atoms in total. The van der Waals surface area contributed by atoms with E-state index in [1.54, 1.807) is 7.11 Å². The fraction of sp³-hybridized carbons (Fsp3) is 0.682. The highest BCUT2D eigenvalue weighted by atomic mass is 28.4. The summed E-state index contributed by atoms with van der Waals surface area (Å²) in [4.78, 5) is 12.0. The number of methoxy groups -OCH3 is 1. The highest BCUT2D eigenvalue weighted by Gasteiger charge is 2.18. The molecule has 0 bridgehead atoms. The standard InChI is InChI=1S/C22H39NO3Si/c1-18(2)12-10-8-7-9-11-13-22(24)23-17-19-14-15-20(21(16-19)25-3)26-27(4,5)6/h14-16,18H,7-13,17H2,1-6H3,(H,23,24). The van der Waals surface area contributed by atoms with Gasteiger partial charge in [0.25, 0.3) is 0 Å². The molecule has 1 N–H and O–H groups in total. The van der Waals surface area contributed by atoms with E-state index in [9.17, 15) is 4.79 Å². The van der Waals surface area contributed by atoms with Crippen molar-refractivity contribution in [2.45, 2.75) is 85.0 Å². The second kappa shape index (κ2) is 12.1. The van der Waals surface area contributed by atoms with Crippen LogP contribution in [0.25, 0.3) is 0 Å². The van der Waals surface area contributed by atoms with E-state index in [0.717, 1.165) is 35.8 Å². The molecule has 1 aromatic rings. The Hall–Kier alpha value is -1.49. The lowest BCUT2D eigenvalue weighted by Crippen LogP contribution is -2.29. The van der Waals surface area contributed by atoms with Crippen LogP contribution in [-0.2, 0) is 11.3 Å². The number of nitrogens with one attached hydrogen (secondary N) is 1. The van der Waals surface area contributed by atoms with E-state index in [-0.39, 0.29) is 5.91 Å². The van der Waals surface area contributed by atoms with Crippen molar-refractivity contribution in [3.63, 3.8) is 0 Å². The summed E-state index contributed by atoms with van der Waals surface area (Å²) in [5.74, 6) is 2.43. The summed E-state index contributed by atoms with van der Waals surface area (Å²) >= 11 is 0. The van der Waals surface area contributed by atoms with Gasteiger partial charge in [-0.25, -0.2) is 0 Å². The number of carbonyl (C=O) groups excluding carboxylic acids is 1. The zero-order valence-corrected chi connectivity index (χ0v) is 19.2. The molecule has 0 saturated heterocycles. The van der Waals surface area contributed by atoms with Crippen LogP contribution in [0.3, 0.4) is 0 Å². The van der Waals surface area contributed by atoms with E-state index in [2.05, 4.69) is 38.8 Å². The minimum Gasteiger partial charge on any atom is -0.542 e. The fourth-order valence-corrected chi connectivity index (χ4v) is 3.72. The molecule has 154 valence electrons. The van der Waals surface area contributed by atoms with E-state index >= 15 is 0 Å². The highest BCUT2D eigenvalue weighted by Crippen LogP contribution is 2.30. The molecule has 0 heterocycles. The molecule has 0 aliphatic heterocycles. The molecule has 1 rings (SSSR count). The maximum absolute atomic E-state index is 12.0. The summed E-state index contributed by atoms with van der Waals surface area (Å²) in [6.45, 7) is 11.5. The summed E-state index contributed by atoms with van der Waals surface area (Å²) in [6.07, 6.45) is 7.86. The van der Waals surface area contributed by atoms with Crippen molar-refractivity contribution in [1.82, 2.24) is 5.32 Å². The van der Waals surface area contributed by atoms with Crippen molar-refractivity contribution in [3.05, 3.63) is 23.8 Å². The Kier molecular flexibility index (Phi) is 10.5. The molecule has 0 aromatic heterocycles. The number of rotatable bonds is 13. The average Bonchev–Trinajstić information content (AvgIpc) is 2.58. The van der Waals surface area contributed by atoms with Crippen molar-refractivity contribution < 1.29 is 14.0 Å². The maximum atomic E-state index is 12.0. The van der Waals surface area contributed by atoms with Gasteiger partial charge in [0.15, 0.2) is 5.75 Å².